The molecule has 0 heterocycles. The van der Waals surface area contributed by atoms with Gasteiger partial charge in [0, 0.05) is 18.7 Å². The number of nitrogens with zero attached hydrogens (tertiary/aromatic N) is 1. The molecule has 2 rings (SSSR count). The highest BCUT2D eigenvalue weighted by Crippen LogP contribution is 2.24. The van der Waals surface area contributed by atoms with Crippen molar-refractivity contribution in [2.45, 2.75) is 0 Å². The monoisotopic (exact) mass is 329 g/mol. The first-order valence-corrected chi connectivity index (χ1v) is 7.38. The van der Waals surface area contributed by atoms with E-state index >= 15 is 0 Å². The van der Waals surface area contributed by atoms with Crippen LogP contribution >= 0.6 is 11.6 Å². The van der Waals surface area contributed by atoms with Gasteiger partial charge in [-0.3, -0.25) is 4.79 Å². The van der Waals surface area contributed by atoms with Crippen molar-refractivity contribution in [2.75, 3.05) is 25.5 Å². The molecule has 0 aliphatic heterocycles. The minimum atomic E-state index is -0.172. The smallest absolute Gasteiger partial charge is 0.251 e. The summed E-state index contributed by atoms with van der Waals surface area (Å²) in [5.41, 5.74) is 1.61. The van der Waals surface area contributed by atoms with E-state index in [4.69, 9.17) is 21.6 Å². The molecule has 2 N–H and O–H groups in total. The maximum atomic E-state index is 12.0. The summed E-state index contributed by atoms with van der Waals surface area (Å²) < 4.78 is 5.05. The van der Waals surface area contributed by atoms with Crippen LogP contribution in [0.3, 0.4) is 0 Å². The first-order chi connectivity index (χ1) is 11.2. The highest BCUT2D eigenvalue weighted by molar-refractivity contribution is 6.33. The predicted octanol–water partition coefficient (Wildman–Crippen LogP) is 3.06. The van der Waals surface area contributed by atoms with Crippen LogP contribution in [0.1, 0.15) is 15.9 Å². The first-order valence-electron chi connectivity index (χ1n) is 7.00. The van der Waals surface area contributed by atoms with Gasteiger partial charge in [0.1, 0.15) is 11.8 Å². The summed E-state index contributed by atoms with van der Waals surface area (Å²) in [4.78, 5) is 12.0. The minimum absolute atomic E-state index is 0.172. The summed E-state index contributed by atoms with van der Waals surface area (Å²) in [5.74, 6) is 0.528. The second kappa shape index (κ2) is 8.06. The summed E-state index contributed by atoms with van der Waals surface area (Å²) in [7, 11) is 1.57. The lowest BCUT2D eigenvalue weighted by Gasteiger charge is -2.11. The number of nitrogens with one attached hydrogen (secondary N) is 2. The standard InChI is InChI=1S/C17H16ClN3O2/c1-23-14-7-5-12(6-8-14)17(22)21-10-9-20-16-13(11-19)3-2-4-15(16)18/h2-8,20H,9-10H2,1H3,(H,21,22). The van der Waals surface area contributed by atoms with Gasteiger partial charge in [0.05, 0.1) is 23.4 Å². The molecule has 0 radical (unpaired) electrons. The van der Waals surface area contributed by atoms with E-state index < -0.39 is 0 Å². The van der Waals surface area contributed by atoms with E-state index in [1.807, 2.05) is 0 Å². The Balaban J connectivity index is 1.86. The number of ether oxygens (including phenoxy) is 1. The van der Waals surface area contributed by atoms with E-state index in [0.717, 1.165) is 0 Å². The van der Waals surface area contributed by atoms with E-state index in [1.165, 1.54) is 0 Å². The number of benzene rings is 2. The van der Waals surface area contributed by atoms with Crippen molar-refractivity contribution in [3.05, 3.63) is 58.6 Å². The van der Waals surface area contributed by atoms with Crippen LogP contribution < -0.4 is 15.4 Å². The Hall–Kier alpha value is -2.71. The van der Waals surface area contributed by atoms with E-state index in [-0.39, 0.29) is 5.91 Å². The third kappa shape index (κ3) is 4.38. The van der Waals surface area contributed by atoms with Crippen LogP contribution in [0.2, 0.25) is 5.02 Å². The van der Waals surface area contributed by atoms with Crippen LogP contribution in [0, 0.1) is 11.3 Å². The van der Waals surface area contributed by atoms with Gasteiger partial charge in [-0.1, -0.05) is 17.7 Å². The molecule has 0 bridgehead atoms. The molecule has 23 heavy (non-hydrogen) atoms. The summed E-state index contributed by atoms with van der Waals surface area (Å²) in [5, 5.41) is 15.4. The summed E-state index contributed by atoms with van der Waals surface area (Å²) in [6.07, 6.45) is 0. The van der Waals surface area contributed by atoms with Gasteiger partial charge < -0.3 is 15.4 Å². The average molecular weight is 330 g/mol. The van der Waals surface area contributed by atoms with Gasteiger partial charge in [0.25, 0.3) is 5.91 Å². The van der Waals surface area contributed by atoms with E-state index in [0.29, 0.717) is 40.7 Å². The van der Waals surface area contributed by atoms with E-state index in [2.05, 4.69) is 16.7 Å². The van der Waals surface area contributed by atoms with Crippen LogP contribution in [0.25, 0.3) is 0 Å². The topological polar surface area (TPSA) is 74.2 Å². The normalized spacial score (nSPS) is 9.78. The van der Waals surface area contributed by atoms with Crippen LogP contribution in [0.15, 0.2) is 42.5 Å². The zero-order chi connectivity index (χ0) is 16.7. The molecule has 2 aromatic rings. The molecular weight excluding hydrogens is 314 g/mol. The Morgan fingerprint density at radius 2 is 1.96 bits per heavy atom. The van der Waals surface area contributed by atoms with E-state index in [9.17, 15) is 4.79 Å². The summed E-state index contributed by atoms with van der Waals surface area (Å²) in [6, 6.07) is 14.1. The fourth-order valence-corrected chi connectivity index (χ4v) is 2.25. The first kappa shape index (κ1) is 16.7. The molecule has 0 aliphatic rings. The quantitative estimate of drug-likeness (QED) is 0.799. The lowest BCUT2D eigenvalue weighted by molar-refractivity contribution is 0.0955. The van der Waals surface area contributed by atoms with Crippen molar-refractivity contribution < 1.29 is 9.53 Å². The van der Waals surface area contributed by atoms with Gasteiger partial charge in [-0.2, -0.15) is 5.26 Å². The lowest BCUT2D eigenvalue weighted by Crippen LogP contribution is -2.28. The molecule has 118 valence electrons. The predicted molar refractivity (Wildman–Crippen MR) is 90.0 cm³/mol. The van der Waals surface area contributed by atoms with Crippen molar-refractivity contribution in [1.82, 2.24) is 5.32 Å². The molecule has 1 amide bonds. The fraction of sp³-hybridized carbons (Fsp3) is 0.176. The molecule has 0 fully saturated rings. The molecule has 2 aromatic carbocycles. The Morgan fingerprint density at radius 3 is 2.61 bits per heavy atom. The van der Waals surface area contributed by atoms with Crippen LogP contribution in [-0.2, 0) is 0 Å². The summed E-state index contributed by atoms with van der Waals surface area (Å²) >= 11 is 6.06. The second-order valence-corrected chi connectivity index (χ2v) is 5.09. The van der Waals surface area contributed by atoms with Gasteiger partial charge in [0.2, 0.25) is 0 Å². The molecular formula is C17H16ClN3O2. The highest BCUT2D eigenvalue weighted by atomic mass is 35.5. The second-order valence-electron chi connectivity index (χ2n) is 4.69. The molecule has 0 aromatic heterocycles. The summed E-state index contributed by atoms with van der Waals surface area (Å²) in [6.45, 7) is 0.862. The van der Waals surface area contributed by atoms with Gasteiger partial charge in [-0.25, -0.2) is 0 Å². The van der Waals surface area contributed by atoms with Crippen LogP contribution in [0.4, 0.5) is 5.69 Å². The van der Waals surface area contributed by atoms with Crippen LogP contribution in [0.5, 0.6) is 5.75 Å². The molecule has 0 unspecified atom stereocenters. The molecule has 0 atom stereocenters. The molecule has 0 spiro atoms. The molecule has 0 saturated heterocycles. The third-order valence-electron chi connectivity index (χ3n) is 3.20. The number of carbonyl (C=O) groups excluding carboxylic acids is 1. The molecule has 0 aliphatic carbocycles. The SMILES string of the molecule is COc1ccc(C(=O)NCCNc2c(Cl)cccc2C#N)cc1. The molecule has 5 nitrogen and oxygen atoms in total. The van der Waals surface area contributed by atoms with Crippen molar-refractivity contribution in [1.29, 1.82) is 5.26 Å². The number of para-hydroxylation sites is 1. The number of hydrogen-bond donors (Lipinski definition) is 2. The Bertz CT molecular complexity index is 724. The van der Waals surface area contributed by atoms with Gasteiger partial charge in [-0.15, -0.1) is 0 Å². The zero-order valence-electron chi connectivity index (χ0n) is 12.6. The number of rotatable bonds is 6. The number of halogens is 1. The van der Waals surface area contributed by atoms with Gasteiger partial charge in [-0.05, 0) is 36.4 Å². The third-order valence-corrected chi connectivity index (χ3v) is 3.51. The number of carbonyl (C=O) groups is 1. The van der Waals surface area contributed by atoms with Crippen molar-refractivity contribution in [2.24, 2.45) is 0 Å². The maximum absolute atomic E-state index is 12.0. The largest absolute Gasteiger partial charge is 0.497 e. The van der Waals surface area contributed by atoms with Crippen LogP contribution in [-0.4, -0.2) is 26.1 Å². The number of methoxy groups -OCH3 is 1. The maximum Gasteiger partial charge on any atom is 0.251 e. The number of hydrogen-bond acceptors (Lipinski definition) is 4. The Morgan fingerprint density at radius 1 is 1.22 bits per heavy atom. The average Bonchev–Trinajstić information content (AvgIpc) is 2.59. The Labute approximate surface area is 139 Å². The molecule has 0 saturated carbocycles. The number of amides is 1. The lowest BCUT2D eigenvalue weighted by atomic mass is 10.2. The fourth-order valence-electron chi connectivity index (χ4n) is 2.00. The number of nitriles is 1. The highest BCUT2D eigenvalue weighted by Gasteiger charge is 2.07. The van der Waals surface area contributed by atoms with Gasteiger partial charge >= 0.3 is 0 Å². The van der Waals surface area contributed by atoms with E-state index in [1.54, 1.807) is 49.6 Å². The Kier molecular flexibility index (Phi) is 5.84. The number of anilines is 1. The van der Waals surface area contributed by atoms with Crippen molar-refractivity contribution in [3.63, 3.8) is 0 Å². The van der Waals surface area contributed by atoms with Gasteiger partial charge in [0.15, 0.2) is 0 Å². The van der Waals surface area contributed by atoms with Crippen molar-refractivity contribution >= 4 is 23.2 Å². The zero-order valence-corrected chi connectivity index (χ0v) is 13.4. The van der Waals surface area contributed by atoms with Crippen molar-refractivity contribution in [3.8, 4) is 11.8 Å². The molecule has 6 heteroatoms. The minimum Gasteiger partial charge on any atom is -0.497 e.